The number of allylic oxidation sites excluding steroid dienone is 1. The molecule has 1 aliphatic heterocycles. The normalized spacial score (nSPS) is 44.5. The molecule has 1 heterocycles. The third-order valence-electron chi connectivity index (χ3n) is 12.0. The number of nitrogens with zero attached hydrogens (tertiary/aromatic N) is 2. The maximum absolute atomic E-state index is 13.2. The van der Waals surface area contributed by atoms with Crippen molar-refractivity contribution in [2.45, 2.75) is 110 Å². The first kappa shape index (κ1) is 24.8. The fourth-order valence-corrected chi connectivity index (χ4v) is 9.91. The largest absolute Gasteiger partial charge is 0.372 e. The zero-order valence-corrected chi connectivity index (χ0v) is 22.8. The molecular weight excluding hydrogens is 420 g/mol. The summed E-state index contributed by atoms with van der Waals surface area (Å²) in [6.07, 6.45) is 15.9. The third kappa shape index (κ3) is 3.64. The van der Waals surface area contributed by atoms with E-state index in [1.54, 1.807) is 12.7 Å². The summed E-state index contributed by atoms with van der Waals surface area (Å²) in [6.45, 7) is 8.61. The number of methoxy groups -OCH3 is 1. The van der Waals surface area contributed by atoms with Crippen LogP contribution in [0, 0.1) is 34.5 Å². The molecule has 5 aliphatic rings. The molecule has 3 saturated carbocycles. The molecule has 1 amide bonds. The second kappa shape index (κ2) is 9.21. The molecule has 9 atom stereocenters. The Bertz CT molecular complexity index is 810. The maximum Gasteiger partial charge on any atom is 0.251 e. The molecule has 4 aliphatic carbocycles. The summed E-state index contributed by atoms with van der Waals surface area (Å²) in [4.78, 5) is 17.9. The number of rotatable bonds is 6. The van der Waals surface area contributed by atoms with Gasteiger partial charge in [-0.25, -0.2) is 0 Å². The molecule has 4 fully saturated rings. The van der Waals surface area contributed by atoms with Gasteiger partial charge in [-0.1, -0.05) is 38.3 Å². The van der Waals surface area contributed by atoms with Crippen molar-refractivity contribution in [3.63, 3.8) is 0 Å². The fourth-order valence-electron chi connectivity index (χ4n) is 9.91. The molecule has 0 aromatic heterocycles. The van der Waals surface area contributed by atoms with Gasteiger partial charge in [0, 0.05) is 32.8 Å². The minimum atomic E-state index is -0.278. The Morgan fingerprint density at radius 3 is 2.71 bits per heavy atom. The lowest BCUT2D eigenvalue weighted by molar-refractivity contribution is -0.144. The van der Waals surface area contributed by atoms with Gasteiger partial charge >= 0.3 is 0 Å². The van der Waals surface area contributed by atoms with Gasteiger partial charge in [0.15, 0.2) is 0 Å². The summed E-state index contributed by atoms with van der Waals surface area (Å²) in [7, 11) is 6.09. The molecule has 0 aromatic carbocycles. The molecule has 4 nitrogen and oxygen atoms in total. The highest BCUT2D eigenvalue weighted by atomic mass is 16.5. The quantitative estimate of drug-likeness (QED) is 0.452. The van der Waals surface area contributed by atoms with Crippen molar-refractivity contribution in [2.75, 3.05) is 27.7 Å². The van der Waals surface area contributed by atoms with E-state index in [-0.39, 0.29) is 12.0 Å². The molecule has 5 rings (SSSR count). The van der Waals surface area contributed by atoms with E-state index in [0.29, 0.717) is 16.9 Å². The van der Waals surface area contributed by atoms with Gasteiger partial charge in [0.25, 0.3) is 5.91 Å². The minimum Gasteiger partial charge on any atom is -0.372 e. The predicted octanol–water partition coefficient (Wildman–Crippen LogP) is 5.91. The second-order valence-corrected chi connectivity index (χ2v) is 13.1. The Morgan fingerprint density at radius 1 is 1.21 bits per heavy atom. The van der Waals surface area contributed by atoms with E-state index in [1.807, 2.05) is 11.9 Å². The summed E-state index contributed by atoms with van der Waals surface area (Å²) in [5.74, 6) is 3.78. The van der Waals surface area contributed by atoms with Crippen molar-refractivity contribution >= 4 is 5.91 Å². The van der Waals surface area contributed by atoms with Crippen molar-refractivity contribution < 1.29 is 9.53 Å². The van der Waals surface area contributed by atoms with Crippen LogP contribution < -0.4 is 0 Å². The number of likely N-dealkylation sites (N-methyl/N-ethyl adjacent to an activating group) is 1. The first-order valence-corrected chi connectivity index (χ1v) is 14.5. The lowest BCUT2D eigenvalue weighted by atomic mass is 9.47. The van der Waals surface area contributed by atoms with Gasteiger partial charge in [-0.15, -0.1) is 0 Å². The van der Waals surface area contributed by atoms with Crippen LogP contribution in [0.5, 0.6) is 0 Å². The van der Waals surface area contributed by atoms with Crippen LogP contribution in [-0.2, 0) is 9.53 Å². The Morgan fingerprint density at radius 2 is 1.97 bits per heavy atom. The standard InChI is InChI=1S/C30H50N2O2/c1-7-8-9-27(34-6)28(33)32(5)22-14-16-29(3)21(18-22)10-11-23-25(29)15-17-30-19-31(4)20(2)24(30)12-13-26(23)30/h10,20,22-27H,7-9,11-19H2,1-6H3/t20-,22-,23+,24+,25-,26?,27?,29-,30-/m0/s1. The summed E-state index contributed by atoms with van der Waals surface area (Å²) in [6, 6.07) is 1.10. The number of carbonyl (C=O) groups is 1. The first-order chi connectivity index (χ1) is 16.3. The number of ether oxygens (including phenoxy) is 1. The van der Waals surface area contributed by atoms with Gasteiger partial charge < -0.3 is 14.5 Å². The molecule has 4 heteroatoms. The van der Waals surface area contributed by atoms with E-state index in [9.17, 15) is 4.79 Å². The summed E-state index contributed by atoms with van der Waals surface area (Å²) >= 11 is 0. The second-order valence-electron chi connectivity index (χ2n) is 13.1. The molecule has 192 valence electrons. The van der Waals surface area contributed by atoms with E-state index in [2.05, 4.69) is 38.8 Å². The summed E-state index contributed by atoms with van der Waals surface area (Å²) in [5, 5.41) is 0. The Kier molecular flexibility index (Phi) is 6.72. The van der Waals surface area contributed by atoms with Gasteiger partial charge in [0.1, 0.15) is 6.10 Å². The van der Waals surface area contributed by atoms with Crippen LogP contribution in [0.4, 0.5) is 0 Å². The van der Waals surface area contributed by atoms with Crippen LogP contribution in [0.2, 0.25) is 0 Å². The smallest absolute Gasteiger partial charge is 0.251 e. The van der Waals surface area contributed by atoms with Crippen LogP contribution in [0.1, 0.15) is 91.4 Å². The Labute approximate surface area is 208 Å². The molecule has 0 N–H and O–H groups in total. The highest BCUT2D eigenvalue weighted by Gasteiger charge is 2.64. The van der Waals surface area contributed by atoms with Crippen LogP contribution in [0.3, 0.4) is 0 Å². The molecule has 0 radical (unpaired) electrons. The number of amides is 1. The number of fused-ring (bicyclic) bond motifs is 4. The predicted molar refractivity (Wildman–Crippen MR) is 138 cm³/mol. The van der Waals surface area contributed by atoms with E-state index in [0.717, 1.165) is 61.8 Å². The first-order valence-electron chi connectivity index (χ1n) is 14.5. The van der Waals surface area contributed by atoms with Gasteiger partial charge in [0.05, 0.1) is 0 Å². The molecule has 0 aromatic rings. The average Bonchev–Trinajstić information content (AvgIpc) is 3.32. The average molecular weight is 471 g/mol. The van der Waals surface area contributed by atoms with Crippen LogP contribution in [-0.4, -0.2) is 61.6 Å². The van der Waals surface area contributed by atoms with Crippen molar-refractivity contribution in [3.05, 3.63) is 11.6 Å². The van der Waals surface area contributed by atoms with Gasteiger partial charge in [-0.3, -0.25) is 4.79 Å². The van der Waals surface area contributed by atoms with Crippen LogP contribution >= 0.6 is 0 Å². The lowest BCUT2D eigenvalue weighted by Crippen LogP contribution is -2.53. The summed E-state index contributed by atoms with van der Waals surface area (Å²) < 4.78 is 5.60. The molecule has 2 unspecified atom stereocenters. The molecule has 1 saturated heterocycles. The topological polar surface area (TPSA) is 32.8 Å². The zero-order valence-electron chi connectivity index (χ0n) is 22.8. The van der Waals surface area contributed by atoms with E-state index >= 15 is 0 Å². The number of likely N-dealkylation sites (tertiary alicyclic amines) is 1. The van der Waals surface area contributed by atoms with E-state index in [4.69, 9.17) is 4.74 Å². The number of carbonyl (C=O) groups excluding carboxylic acids is 1. The van der Waals surface area contributed by atoms with Gasteiger partial charge in [0.2, 0.25) is 0 Å². The van der Waals surface area contributed by atoms with E-state index in [1.165, 1.54) is 45.1 Å². The van der Waals surface area contributed by atoms with Crippen molar-refractivity contribution in [1.29, 1.82) is 0 Å². The fraction of sp³-hybridized carbons (Fsp3) is 0.900. The molecule has 34 heavy (non-hydrogen) atoms. The minimum absolute atomic E-state index is 0.190. The lowest BCUT2D eigenvalue weighted by Gasteiger charge is -2.58. The monoisotopic (exact) mass is 470 g/mol. The SMILES string of the molecule is CCCCC(OC)C(=O)N(C)[C@H]1CC[C@@]2(C)C(=CC[C@H]3C4CC[C@@H]5[C@H](C)N(C)C[C@]45CC[C@@H]32)C1. The van der Waals surface area contributed by atoms with Crippen molar-refractivity contribution in [3.8, 4) is 0 Å². The Hall–Kier alpha value is -0.870. The van der Waals surface area contributed by atoms with Crippen LogP contribution in [0.15, 0.2) is 11.6 Å². The van der Waals surface area contributed by atoms with Crippen molar-refractivity contribution in [1.82, 2.24) is 9.80 Å². The van der Waals surface area contributed by atoms with Crippen LogP contribution in [0.25, 0.3) is 0 Å². The highest BCUT2D eigenvalue weighted by Crippen LogP contribution is 2.68. The van der Waals surface area contributed by atoms with Gasteiger partial charge in [-0.2, -0.15) is 0 Å². The molecule has 1 spiro atoms. The van der Waals surface area contributed by atoms with E-state index < -0.39 is 0 Å². The van der Waals surface area contributed by atoms with Crippen molar-refractivity contribution in [2.24, 2.45) is 34.5 Å². The number of unbranched alkanes of at least 4 members (excludes halogenated alkanes) is 1. The number of hydrogen-bond acceptors (Lipinski definition) is 3. The third-order valence-corrected chi connectivity index (χ3v) is 12.0. The highest BCUT2D eigenvalue weighted by molar-refractivity contribution is 5.81. The Balaban J connectivity index is 1.31. The number of hydrogen-bond donors (Lipinski definition) is 0. The summed E-state index contributed by atoms with van der Waals surface area (Å²) in [5.41, 5.74) is 2.63. The molecule has 0 bridgehead atoms. The zero-order chi connectivity index (χ0) is 24.3. The maximum atomic E-state index is 13.2. The molecular formula is C30H50N2O2. The van der Waals surface area contributed by atoms with Gasteiger partial charge in [-0.05, 0) is 106 Å².